The average molecular weight is 873 g/mol. The highest BCUT2D eigenvalue weighted by Gasteiger charge is 2.36. The maximum absolute atomic E-state index is 12.2. The van der Waals surface area contributed by atoms with Crippen LogP contribution in [0.1, 0.15) is 58.6 Å². The second kappa shape index (κ2) is 22.3. The molecular weight excluding hydrogens is 821 g/mol. The Morgan fingerprint density at radius 2 is 1.25 bits per heavy atom. The van der Waals surface area contributed by atoms with Gasteiger partial charge in [-0.25, -0.2) is 9.59 Å². The summed E-state index contributed by atoms with van der Waals surface area (Å²) in [6.07, 6.45) is 4.59. The smallest absolute Gasteiger partial charge is 0.330 e. The Labute approximate surface area is 351 Å². The van der Waals surface area contributed by atoms with E-state index in [1.54, 1.807) is 23.5 Å². The van der Waals surface area contributed by atoms with Crippen LogP contribution in [-0.2, 0) is 24.5 Å². The fraction of sp³-hybridized carbons (Fsp3) is 0.538. The zero-order valence-electron chi connectivity index (χ0n) is 31.2. The molecule has 0 N–H and O–H groups in total. The maximum Gasteiger partial charge on any atom is 0.330 e. The summed E-state index contributed by atoms with van der Waals surface area (Å²) < 4.78 is 25.5. The number of hydrogen-bond acceptors (Lipinski definition) is 14. The predicted molar refractivity (Wildman–Crippen MR) is 242 cm³/mol. The van der Waals surface area contributed by atoms with Crippen LogP contribution in [0.2, 0.25) is 0 Å². The Bertz CT molecular complexity index is 1460. The molecule has 0 radical (unpaired) electrons. The Kier molecular flexibility index (Phi) is 18.9. The summed E-state index contributed by atoms with van der Waals surface area (Å²) in [5, 5.41) is 4.60. The minimum Gasteiger partial charge on any atom is -0.489 e. The van der Waals surface area contributed by atoms with Gasteiger partial charge in [0.2, 0.25) is 0 Å². The lowest BCUT2D eigenvalue weighted by molar-refractivity contribution is -0.154. The quantitative estimate of drug-likeness (QED) is 0.0517. The molecule has 2 heterocycles. The molecule has 0 amide bonds. The summed E-state index contributed by atoms with van der Waals surface area (Å²) in [6.45, 7) is 17.5. The first kappa shape index (κ1) is 45.0. The van der Waals surface area contributed by atoms with E-state index in [-0.39, 0.29) is 12.0 Å². The van der Waals surface area contributed by atoms with Crippen LogP contribution in [0.4, 0.5) is 0 Å². The van der Waals surface area contributed by atoms with E-state index >= 15 is 0 Å². The highest BCUT2D eigenvalue weighted by atomic mass is 32.3. The van der Waals surface area contributed by atoms with Gasteiger partial charge in [0.25, 0.3) is 0 Å². The van der Waals surface area contributed by atoms with E-state index in [0.29, 0.717) is 14.9 Å². The van der Waals surface area contributed by atoms with Crippen LogP contribution in [0.15, 0.2) is 73.8 Å². The lowest BCUT2D eigenvalue weighted by Gasteiger charge is -2.34. The molecule has 0 aromatic heterocycles. The van der Waals surface area contributed by atoms with Crippen molar-refractivity contribution in [2.24, 2.45) is 0 Å². The Balaban J connectivity index is 1.36. The monoisotopic (exact) mass is 872 g/mol. The highest BCUT2D eigenvalue weighted by molar-refractivity contribution is 8.33. The molecule has 2 aliphatic heterocycles. The third-order valence-corrected chi connectivity index (χ3v) is 20.1. The van der Waals surface area contributed by atoms with Gasteiger partial charge in [-0.2, -0.15) is 11.8 Å². The van der Waals surface area contributed by atoms with Gasteiger partial charge >= 0.3 is 11.9 Å². The van der Waals surface area contributed by atoms with Crippen LogP contribution in [-0.4, -0.2) is 81.9 Å². The van der Waals surface area contributed by atoms with Crippen molar-refractivity contribution in [3.63, 3.8) is 0 Å². The average Bonchev–Trinajstić information content (AvgIpc) is 3.16. The van der Waals surface area contributed by atoms with E-state index in [1.807, 2.05) is 116 Å². The first-order valence-corrected chi connectivity index (χ1v) is 26.1. The molecular formula is C39H52O6S8. The van der Waals surface area contributed by atoms with Gasteiger partial charge in [-0.05, 0) is 80.5 Å². The van der Waals surface area contributed by atoms with Gasteiger partial charge < -0.3 is 18.9 Å². The summed E-state index contributed by atoms with van der Waals surface area (Å²) >= 11 is 15.5. The summed E-state index contributed by atoms with van der Waals surface area (Å²) in [5.41, 5.74) is -0.0756. The van der Waals surface area contributed by atoms with Crippen molar-refractivity contribution in [2.45, 2.75) is 78.7 Å². The normalized spacial score (nSPS) is 17.6. The van der Waals surface area contributed by atoms with Crippen molar-refractivity contribution in [3.05, 3.63) is 85.0 Å². The molecule has 0 saturated carbocycles. The van der Waals surface area contributed by atoms with Crippen LogP contribution in [0, 0.1) is 0 Å². The largest absolute Gasteiger partial charge is 0.489 e. The number of esters is 2. The summed E-state index contributed by atoms with van der Waals surface area (Å²) in [7, 11) is 0. The third kappa shape index (κ3) is 14.9. The number of ether oxygens (including phenoxy) is 4. The van der Waals surface area contributed by atoms with Gasteiger partial charge in [0, 0.05) is 43.7 Å². The molecule has 2 atom stereocenters. The molecule has 2 aromatic rings. The summed E-state index contributed by atoms with van der Waals surface area (Å²) in [6, 6.07) is 16.3. The molecule has 6 nitrogen and oxygen atoms in total. The molecule has 2 fully saturated rings. The minimum absolute atomic E-state index is 0.244. The van der Waals surface area contributed by atoms with Crippen LogP contribution >= 0.6 is 94.1 Å². The molecule has 0 spiro atoms. The summed E-state index contributed by atoms with van der Waals surface area (Å²) in [5.74, 6) is 3.08. The van der Waals surface area contributed by atoms with Crippen molar-refractivity contribution in [1.29, 1.82) is 0 Å². The van der Waals surface area contributed by atoms with Gasteiger partial charge in [-0.1, -0.05) is 51.3 Å². The van der Waals surface area contributed by atoms with E-state index in [9.17, 15) is 9.59 Å². The van der Waals surface area contributed by atoms with E-state index in [2.05, 4.69) is 51.3 Å². The molecule has 4 rings (SSSR count). The van der Waals surface area contributed by atoms with E-state index in [0.717, 1.165) is 67.3 Å². The van der Waals surface area contributed by atoms with Crippen LogP contribution in [0.5, 0.6) is 11.5 Å². The topological polar surface area (TPSA) is 71.1 Å². The number of thioether (sulfide) groups is 8. The van der Waals surface area contributed by atoms with Crippen molar-refractivity contribution in [2.75, 3.05) is 44.2 Å². The molecule has 2 saturated heterocycles. The van der Waals surface area contributed by atoms with Gasteiger partial charge in [-0.3, -0.25) is 0 Å². The number of carbonyl (C=O) groups excluding carboxylic acids is 2. The van der Waals surface area contributed by atoms with E-state index < -0.39 is 28.6 Å². The zero-order valence-corrected chi connectivity index (χ0v) is 37.7. The Morgan fingerprint density at radius 3 is 1.77 bits per heavy atom. The van der Waals surface area contributed by atoms with Gasteiger partial charge in [-0.15, -0.1) is 82.3 Å². The Hall–Kier alpha value is -0.740. The zero-order chi connectivity index (χ0) is 38.3. The molecule has 0 aliphatic carbocycles. The van der Waals surface area contributed by atoms with Crippen molar-refractivity contribution in [3.8, 4) is 11.5 Å². The molecule has 292 valence electrons. The third-order valence-electron chi connectivity index (χ3n) is 8.43. The molecule has 0 bridgehead atoms. The molecule has 53 heavy (non-hydrogen) atoms. The number of carbonyl (C=O) groups is 2. The highest BCUT2D eigenvalue weighted by Crippen LogP contribution is 2.41. The van der Waals surface area contributed by atoms with E-state index in [4.69, 9.17) is 18.9 Å². The number of hydrogen-bond donors (Lipinski definition) is 0. The molecule has 2 aromatic carbocycles. The van der Waals surface area contributed by atoms with Gasteiger partial charge in [0.1, 0.15) is 18.1 Å². The number of benzene rings is 2. The lowest BCUT2D eigenvalue weighted by Crippen LogP contribution is -2.42. The second-order valence-corrected chi connectivity index (χ2v) is 24.7. The predicted octanol–water partition coefficient (Wildman–Crippen LogP) is 11.2. The fourth-order valence-electron chi connectivity index (χ4n) is 5.29. The second-order valence-electron chi connectivity index (χ2n) is 13.6. The standard InChI is InChI=1S/C39H52O6S8/c1-8-32(40)44-38(5,6)36(49-21-19-35-52-26-48-27-53-35)43-31-16-12-29(13-17-31)37(3,4)28-10-14-30(15-11-28)42-22-39(7,45-33(41)9-2)23-46-20-18-34-50-24-47-25-51-34/h8-17,34-36H,1-2,18-27H2,3-7H3. The first-order valence-electron chi connectivity index (χ1n) is 17.4. The molecule has 2 aliphatic rings. The van der Waals surface area contributed by atoms with Gasteiger partial charge in [0.05, 0.1) is 9.16 Å². The molecule has 14 heteroatoms. The van der Waals surface area contributed by atoms with Crippen LogP contribution < -0.4 is 9.47 Å². The van der Waals surface area contributed by atoms with E-state index in [1.165, 1.54) is 12.2 Å². The number of rotatable bonds is 21. The van der Waals surface area contributed by atoms with Crippen molar-refractivity contribution >= 4 is 106 Å². The van der Waals surface area contributed by atoms with Crippen LogP contribution in [0.25, 0.3) is 0 Å². The summed E-state index contributed by atoms with van der Waals surface area (Å²) in [4.78, 5) is 24.4. The van der Waals surface area contributed by atoms with Crippen LogP contribution in [0.3, 0.4) is 0 Å². The Morgan fingerprint density at radius 1 is 0.755 bits per heavy atom. The van der Waals surface area contributed by atoms with Crippen molar-refractivity contribution < 1.29 is 28.5 Å². The molecule has 2 unspecified atom stereocenters. The fourth-order valence-corrected chi connectivity index (χ4v) is 17.9. The lowest BCUT2D eigenvalue weighted by atomic mass is 9.78. The SMILES string of the molecule is C=CC(=O)OC(C)(COc1ccc(C(C)(C)c2ccc(OC(SCCC3SCSCS3)C(C)(C)OC(=O)C=C)cc2)cc1)CSCCC1SCSCS1. The minimum atomic E-state index is -0.865. The van der Waals surface area contributed by atoms with Gasteiger partial charge in [0.15, 0.2) is 16.6 Å². The first-order chi connectivity index (χ1) is 25.3. The maximum atomic E-state index is 12.2. The van der Waals surface area contributed by atoms with Crippen molar-refractivity contribution in [1.82, 2.24) is 0 Å².